The fraction of sp³-hybridized carbons (Fsp3) is 1.00. The molecule has 1 aliphatic carbocycles. The van der Waals surface area contributed by atoms with Crippen LogP contribution in [0.4, 0.5) is 0 Å². The summed E-state index contributed by atoms with van der Waals surface area (Å²) >= 11 is 0. The van der Waals surface area contributed by atoms with Crippen molar-refractivity contribution >= 4 is 12.4 Å². The average Bonchev–Trinajstić information content (AvgIpc) is 2.80. The summed E-state index contributed by atoms with van der Waals surface area (Å²) in [5.41, 5.74) is 0. The molecule has 33 heavy (non-hydrogen) atoms. The first-order valence-electron chi connectivity index (χ1n) is 15.5. The third kappa shape index (κ3) is 20.2. The van der Waals surface area contributed by atoms with Gasteiger partial charge in [0.25, 0.3) is 0 Å². The zero-order chi connectivity index (χ0) is 23.1. The summed E-state index contributed by atoms with van der Waals surface area (Å²) in [5.74, 6) is 0.956. The van der Waals surface area contributed by atoms with Crippen LogP contribution >= 0.6 is 12.4 Å². The molecule has 0 amide bonds. The van der Waals surface area contributed by atoms with Crippen LogP contribution in [0, 0.1) is 5.92 Å². The molecule has 0 heterocycles. The first-order chi connectivity index (χ1) is 15.8. The lowest BCUT2D eigenvalue weighted by Crippen LogP contribution is -2.39. The lowest BCUT2D eigenvalue weighted by Gasteiger charge is -2.36. The van der Waals surface area contributed by atoms with Crippen LogP contribution in [-0.2, 0) is 0 Å². The third-order valence-electron chi connectivity index (χ3n) is 8.13. The summed E-state index contributed by atoms with van der Waals surface area (Å²) in [4.78, 5) is 2.80. The Hall–Kier alpha value is 0.250. The molecule has 1 aliphatic rings. The van der Waals surface area contributed by atoms with E-state index in [-0.39, 0.29) is 12.4 Å². The Morgan fingerprint density at radius 1 is 0.545 bits per heavy atom. The van der Waals surface area contributed by atoms with Gasteiger partial charge in [0.05, 0.1) is 0 Å². The molecule has 1 rings (SSSR count). The summed E-state index contributed by atoms with van der Waals surface area (Å²) in [7, 11) is 0. The SMILES string of the molecule is CCCCCCCCCCCCCCCCCCCCCCN(CC)C1CCCC(C)C1.Cl. The van der Waals surface area contributed by atoms with Crippen molar-refractivity contribution in [2.75, 3.05) is 13.1 Å². The molecular formula is C31H64ClN. The maximum Gasteiger partial charge on any atom is 0.00976 e. The predicted octanol–water partition coefficient (Wildman–Crippen LogP) is 11.1. The quantitative estimate of drug-likeness (QED) is 0.130. The maximum absolute atomic E-state index is 2.80. The monoisotopic (exact) mass is 485 g/mol. The molecule has 0 radical (unpaired) electrons. The van der Waals surface area contributed by atoms with Gasteiger partial charge in [-0.3, -0.25) is 0 Å². The summed E-state index contributed by atoms with van der Waals surface area (Å²) < 4.78 is 0. The zero-order valence-electron chi connectivity index (χ0n) is 23.4. The van der Waals surface area contributed by atoms with Gasteiger partial charge in [0, 0.05) is 6.04 Å². The molecule has 1 fully saturated rings. The minimum atomic E-state index is 0. The van der Waals surface area contributed by atoms with Crippen LogP contribution in [0.25, 0.3) is 0 Å². The van der Waals surface area contributed by atoms with E-state index in [1.807, 2.05) is 0 Å². The van der Waals surface area contributed by atoms with Crippen molar-refractivity contribution in [3.63, 3.8) is 0 Å². The van der Waals surface area contributed by atoms with Crippen molar-refractivity contribution in [3.05, 3.63) is 0 Å². The van der Waals surface area contributed by atoms with Gasteiger partial charge in [-0.25, -0.2) is 0 Å². The van der Waals surface area contributed by atoms with E-state index in [4.69, 9.17) is 0 Å². The molecule has 1 nitrogen and oxygen atoms in total. The van der Waals surface area contributed by atoms with E-state index in [0.29, 0.717) is 0 Å². The van der Waals surface area contributed by atoms with E-state index in [9.17, 15) is 0 Å². The summed E-state index contributed by atoms with van der Waals surface area (Å²) in [6, 6.07) is 0.893. The van der Waals surface area contributed by atoms with E-state index >= 15 is 0 Å². The molecule has 2 heteroatoms. The van der Waals surface area contributed by atoms with Gasteiger partial charge in [0.2, 0.25) is 0 Å². The number of halogens is 1. The second-order valence-corrected chi connectivity index (χ2v) is 11.3. The largest absolute Gasteiger partial charge is 0.301 e. The van der Waals surface area contributed by atoms with Crippen LogP contribution in [0.1, 0.15) is 175 Å². The summed E-state index contributed by atoms with van der Waals surface area (Å²) in [5, 5.41) is 0. The lowest BCUT2D eigenvalue weighted by molar-refractivity contribution is 0.138. The minimum absolute atomic E-state index is 0. The van der Waals surface area contributed by atoms with E-state index in [2.05, 4.69) is 25.7 Å². The van der Waals surface area contributed by atoms with Gasteiger partial charge in [-0.15, -0.1) is 12.4 Å². The summed E-state index contributed by atoms with van der Waals surface area (Å²) in [6.45, 7) is 9.75. The maximum atomic E-state index is 2.80. The van der Waals surface area contributed by atoms with Gasteiger partial charge < -0.3 is 4.90 Å². The van der Waals surface area contributed by atoms with Gasteiger partial charge in [-0.05, 0) is 38.3 Å². The fourth-order valence-corrected chi connectivity index (χ4v) is 5.90. The van der Waals surface area contributed by atoms with Crippen molar-refractivity contribution in [1.82, 2.24) is 4.90 Å². The molecule has 0 aromatic carbocycles. The van der Waals surface area contributed by atoms with Crippen molar-refractivity contribution in [2.24, 2.45) is 5.92 Å². The molecule has 0 aromatic heterocycles. The van der Waals surface area contributed by atoms with Crippen LogP contribution in [0.2, 0.25) is 0 Å². The Kier molecular flexibility index (Phi) is 25.5. The highest BCUT2D eigenvalue weighted by atomic mass is 35.5. The topological polar surface area (TPSA) is 3.24 Å². The number of rotatable bonds is 23. The molecule has 0 N–H and O–H groups in total. The van der Waals surface area contributed by atoms with E-state index in [1.165, 1.54) is 167 Å². The number of unbranched alkanes of at least 4 members (excludes halogenated alkanes) is 19. The number of nitrogens with zero attached hydrogens (tertiary/aromatic N) is 1. The molecule has 0 saturated heterocycles. The molecule has 0 aliphatic heterocycles. The Bertz CT molecular complexity index is 372. The van der Waals surface area contributed by atoms with Crippen molar-refractivity contribution in [2.45, 2.75) is 181 Å². The first-order valence-corrected chi connectivity index (χ1v) is 15.5. The second kappa shape index (κ2) is 25.3. The fourth-order valence-electron chi connectivity index (χ4n) is 5.90. The van der Waals surface area contributed by atoms with E-state index < -0.39 is 0 Å². The minimum Gasteiger partial charge on any atom is -0.301 e. The van der Waals surface area contributed by atoms with Crippen LogP contribution < -0.4 is 0 Å². The Balaban J connectivity index is 0.0000102. The standard InChI is InChI=1S/C31H63N.ClH/c1-4-6-7-8-9-10-11-12-13-14-15-16-17-18-19-20-21-22-23-24-28-32(5-2)31-27-25-26-30(3)29-31;/h30-31H,4-29H2,1-3H3;1H. The molecular weight excluding hydrogens is 422 g/mol. The smallest absolute Gasteiger partial charge is 0.00976 e. The van der Waals surface area contributed by atoms with E-state index in [1.54, 1.807) is 0 Å². The summed E-state index contributed by atoms with van der Waals surface area (Å²) in [6.07, 6.45) is 35.3. The second-order valence-electron chi connectivity index (χ2n) is 11.3. The van der Waals surface area contributed by atoms with Gasteiger partial charge >= 0.3 is 0 Å². The highest BCUT2D eigenvalue weighted by Gasteiger charge is 2.23. The molecule has 0 spiro atoms. The Morgan fingerprint density at radius 3 is 1.30 bits per heavy atom. The third-order valence-corrected chi connectivity index (χ3v) is 8.13. The lowest BCUT2D eigenvalue weighted by atomic mass is 9.86. The van der Waals surface area contributed by atoms with Crippen LogP contribution in [0.15, 0.2) is 0 Å². The highest BCUT2D eigenvalue weighted by Crippen LogP contribution is 2.27. The van der Waals surface area contributed by atoms with Gasteiger partial charge in [-0.1, -0.05) is 156 Å². The molecule has 2 unspecified atom stereocenters. The van der Waals surface area contributed by atoms with Crippen molar-refractivity contribution in [3.8, 4) is 0 Å². The molecule has 2 atom stereocenters. The Morgan fingerprint density at radius 2 is 0.939 bits per heavy atom. The highest BCUT2D eigenvalue weighted by molar-refractivity contribution is 5.85. The average molecular weight is 486 g/mol. The predicted molar refractivity (Wildman–Crippen MR) is 154 cm³/mol. The molecule has 0 bridgehead atoms. The van der Waals surface area contributed by atoms with E-state index in [0.717, 1.165) is 12.0 Å². The number of hydrogen-bond donors (Lipinski definition) is 0. The first kappa shape index (κ1) is 33.2. The molecule has 0 aromatic rings. The molecule has 1 saturated carbocycles. The van der Waals surface area contributed by atoms with Crippen molar-refractivity contribution < 1.29 is 0 Å². The van der Waals surface area contributed by atoms with Crippen LogP contribution in [-0.4, -0.2) is 24.0 Å². The van der Waals surface area contributed by atoms with Gasteiger partial charge in [0.1, 0.15) is 0 Å². The van der Waals surface area contributed by atoms with Gasteiger partial charge in [0.15, 0.2) is 0 Å². The zero-order valence-corrected chi connectivity index (χ0v) is 24.2. The number of hydrogen-bond acceptors (Lipinski definition) is 1. The molecule has 200 valence electrons. The van der Waals surface area contributed by atoms with Crippen LogP contribution in [0.3, 0.4) is 0 Å². The van der Waals surface area contributed by atoms with Gasteiger partial charge in [-0.2, -0.15) is 0 Å². The van der Waals surface area contributed by atoms with Crippen LogP contribution in [0.5, 0.6) is 0 Å². The Labute approximate surface area is 217 Å². The normalized spacial score (nSPS) is 18.5. The van der Waals surface area contributed by atoms with Crippen molar-refractivity contribution in [1.29, 1.82) is 0 Å².